The molecule has 0 saturated carbocycles. The van der Waals surface area contributed by atoms with E-state index in [9.17, 15) is 18.0 Å². The van der Waals surface area contributed by atoms with E-state index >= 15 is 0 Å². The van der Waals surface area contributed by atoms with Gasteiger partial charge in [-0.25, -0.2) is 8.42 Å². The van der Waals surface area contributed by atoms with Gasteiger partial charge in [-0.3, -0.25) is 13.9 Å². The minimum absolute atomic E-state index is 0.0371. The maximum absolute atomic E-state index is 14.0. The number of carbonyl (C=O) groups excluding carboxylic acids is 2. The van der Waals surface area contributed by atoms with Crippen LogP contribution in [-0.2, 0) is 26.2 Å². The number of hydrogen-bond donors (Lipinski definition) is 1. The normalized spacial score (nSPS) is 12.7. The monoisotopic (exact) mass is 643 g/mol. The zero-order valence-electron chi connectivity index (χ0n) is 24.1. The van der Waals surface area contributed by atoms with Gasteiger partial charge >= 0.3 is 0 Å². The smallest absolute Gasteiger partial charge is 0.264 e. The number of halogens is 1. The van der Waals surface area contributed by atoms with E-state index in [1.165, 1.54) is 17.0 Å². The van der Waals surface area contributed by atoms with Crippen molar-refractivity contribution in [3.8, 4) is 5.75 Å². The van der Waals surface area contributed by atoms with Crippen molar-refractivity contribution in [2.45, 2.75) is 64.6 Å². The van der Waals surface area contributed by atoms with Crippen LogP contribution in [0.1, 0.15) is 45.2 Å². The third-order valence-corrected chi connectivity index (χ3v) is 9.07. The fourth-order valence-corrected chi connectivity index (χ4v) is 5.75. The van der Waals surface area contributed by atoms with E-state index in [4.69, 9.17) is 4.74 Å². The van der Waals surface area contributed by atoms with Crippen LogP contribution in [0.25, 0.3) is 0 Å². The summed E-state index contributed by atoms with van der Waals surface area (Å²) in [4.78, 5) is 28.6. The molecule has 0 fully saturated rings. The van der Waals surface area contributed by atoms with Crippen molar-refractivity contribution in [2.24, 2.45) is 0 Å². The second-order valence-electron chi connectivity index (χ2n) is 9.89. The minimum Gasteiger partial charge on any atom is -0.494 e. The van der Waals surface area contributed by atoms with E-state index in [1.807, 2.05) is 52.0 Å². The van der Waals surface area contributed by atoms with Crippen LogP contribution in [0.5, 0.6) is 5.75 Å². The van der Waals surface area contributed by atoms with Gasteiger partial charge in [0.15, 0.2) is 0 Å². The molecule has 0 aliphatic carbocycles. The van der Waals surface area contributed by atoms with Crippen LogP contribution in [0.4, 0.5) is 5.69 Å². The van der Waals surface area contributed by atoms with Crippen molar-refractivity contribution in [1.82, 2.24) is 10.2 Å². The molecule has 2 atom stereocenters. The van der Waals surface area contributed by atoms with Gasteiger partial charge in [-0.15, -0.1) is 0 Å². The molecule has 0 aliphatic heterocycles. The summed E-state index contributed by atoms with van der Waals surface area (Å²) < 4.78 is 35.2. The predicted molar refractivity (Wildman–Crippen MR) is 165 cm³/mol. The van der Waals surface area contributed by atoms with Gasteiger partial charge in [0.05, 0.1) is 17.2 Å². The Bertz CT molecular complexity index is 1410. The molecule has 0 spiro atoms. The van der Waals surface area contributed by atoms with Crippen molar-refractivity contribution >= 4 is 43.5 Å². The lowest BCUT2D eigenvalue weighted by atomic mass is 10.1. The molecule has 3 aromatic carbocycles. The number of ether oxygens (including phenoxy) is 1. The van der Waals surface area contributed by atoms with E-state index in [1.54, 1.807) is 43.3 Å². The highest BCUT2D eigenvalue weighted by atomic mass is 79.9. The van der Waals surface area contributed by atoms with E-state index in [-0.39, 0.29) is 23.4 Å². The standard InChI is InChI=1S/C31H38BrN3O5S/c1-6-23(4)33-31(37)24(5)34(20-25-10-8-22(3)9-11-25)30(36)21-35(27-14-16-28(17-15-27)40-7-2)41(38,39)29-18-12-26(32)13-19-29/h8-19,23-24H,6-7,20-21H2,1-5H3,(H,33,37). The molecule has 2 unspecified atom stereocenters. The lowest BCUT2D eigenvalue weighted by Crippen LogP contribution is -2.52. The van der Waals surface area contributed by atoms with E-state index in [0.29, 0.717) is 18.0 Å². The fourth-order valence-electron chi connectivity index (χ4n) is 4.08. The maximum atomic E-state index is 14.0. The van der Waals surface area contributed by atoms with Gasteiger partial charge in [-0.1, -0.05) is 52.7 Å². The van der Waals surface area contributed by atoms with E-state index < -0.39 is 28.5 Å². The van der Waals surface area contributed by atoms with Crippen molar-refractivity contribution in [3.63, 3.8) is 0 Å². The number of rotatable bonds is 13. The minimum atomic E-state index is -4.15. The van der Waals surface area contributed by atoms with E-state index in [2.05, 4.69) is 21.2 Å². The molecule has 1 N–H and O–H groups in total. The van der Waals surface area contributed by atoms with Gasteiger partial charge < -0.3 is 15.0 Å². The summed E-state index contributed by atoms with van der Waals surface area (Å²) in [5.74, 6) is -0.227. The highest BCUT2D eigenvalue weighted by molar-refractivity contribution is 9.10. The largest absolute Gasteiger partial charge is 0.494 e. The fraction of sp³-hybridized carbons (Fsp3) is 0.355. The Balaban J connectivity index is 2.02. The molecule has 10 heteroatoms. The topological polar surface area (TPSA) is 96.0 Å². The van der Waals surface area contributed by atoms with Gasteiger partial charge in [0.2, 0.25) is 11.8 Å². The second kappa shape index (κ2) is 14.5. The number of aryl methyl sites for hydroxylation is 1. The number of hydrogen-bond acceptors (Lipinski definition) is 5. The third-order valence-electron chi connectivity index (χ3n) is 6.76. The van der Waals surface area contributed by atoms with Gasteiger partial charge in [0.1, 0.15) is 18.3 Å². The number of nitrogens with zero attached hydrogens (tertiary/aromatic N) is 2. The Morgan fingerprint density at radius 3 is 2.10 bits per heavy atom. The van der Waals surface area contributed by atoms with Crippen LogP contribution in [0.2, 0.25) is 0 Å². The Labute approximate surface area is 251 Å². The quantitative estimate of drug-likeness (QED) is 0.258. The molecule has 0 radical (unpaired) electrons. The maximum Gasteiger partial charge on any atom is 0.264 e. The molecule has 41 heavy (non-hydrogen) atoms. The average molecular weight is 645 g/mol. The first-order valence-electron chi connectivity index (χ1n) is 13.6. The molecule has 0 bridgehead atoms. The molecule has 3 aromatic rings. The summed E-state index contributed by atoms with van der Waals surface area (Å²) in [5.41, 5.74) is 2.20. The average Bonchev–Trinajstić information content (AvgIpc) is 2.95. The van der Waals surface area contributed by atoms with Crippen LogP contribution in [0.15, 0.2) is 82.2 Å². The lowest BCUT2D eigenvalue weighted by Gasteiger charge is -2.32. The SMILES string of the molecule is CCOc1ccc(N(CC(=O)N(Cc2ccc(C)cc2)C(C)C(=O)NC(C)CC)S(=O)(=O)c2ccc(Br)cc2)cc1. The van der Waals surface area contributed by atoms with Gasteiger partial charge in [0.25, 0.3) is 10.0 Å². The predicted octanol–water partition coefficient (Wildman–Crippen LogP) is 5.68. The first-order chi connectivity index (χ1) is 19.5. The Hall–Kier alpha value is -3.37. The number of sulfonamides is 1. The lowest BCUT2D eigenvalue weighted by molar-refractivity contribution is -0.139. The molecular formula is C31H38BrN3O5S. The van der Waals surface area contributed by atoms with Crippen LogP contribution in [-0.4, -0.2) is 50.4 Å². The highest BCUT2D eigenvalue weighted by Gasteiger charge is 2.32. The number of anilines is 1. The summed E-state index contributed by atoms with van der Waals surface area (Å²) in [6, 6.07) is 19.6. The molecule has 220 valence electrons. The molecule has 0 aliphatic rings. The van der Waals surface area contributed by atoms with Gasteiger partial charge in [0, 0.05) is 17.1 Å². The third kappa shape index (κ3) is 8.56. The molecule has 0 aromatic heterocycles. The highest BCUT2D eigenvalue weighted by Crippen LogP contribution is 2.27. The first kappa shape index (κ1) is 32.1. The zero-order chi connectivity index (χ0) is 30.2. The molecule has 2 amide bonds. The van der Waals surface area contributed by atoms with Crippen molar-refractivity contribution in [3.05, 3.63) is 88.4 Å². The van der Waals surface area contributed by atoms with Crippen LogP contribution in [0.3, 0.4) is 0 Å². The molecule has 0 heterocycles. The van der Waals surface area contributed by atoms with Crippen LogP contribution in [0, 0.1) is 6.92 Å². The second-order valence-corrected chi connectivity index (χ2v) is 12.7. The molecule has 0 saturated heterocycles. The Kier molecular flexibility index (Phi) is 11.4. The summed E-state index contributed by atoms with van der Waals surface area (Å²) in [7, 11) is -4.15. The number of carbonyl (C=O) groups is 2. The number of amides is 2. The van der Waals surface area contributed by atoms with Crippen LogP contribution >= 0.6 is 15.9 Å². The molecular weight excluding hydrogens is 606 g/mol. The summed E-state index contributed by atoms with van der Waals surface area (Å²) in [6.07, 6.45) is 0.737. The van der Waals surface area contributed by atoms with Gasteiger partial charge in [-0.05, 0) is 88.2 Å². The van der Waals surface area contributed by atoms with Gasteiger partial charge in [-0.2, -0.15) is 0 Å². The molecule has 3 rings (SSSR count). The van der Waals surface area contributed by atoms with Crippen molar-refractivity contribution in [2.75, 3.05) is 17.5 Å². The first-order valence-corrected chi connectivity index (χ1v) is 15.9. The Morgan fingerprint density at radius 1 is 0.927 bits per heavy atom. The summed E-state index contributed by atoms with van der Waals surface area (Å²) in [6.45, 7) is 9.46. The van der Waals surface area contributed by atoms with E-state index in [0.717, 1.165) is 26.3 Å². The Morgan fingerprint density at radius 2 is 1.54 bits per heavy atom. The zero-order valence-corrected chi connectivity index (χ0v) is 26.5. The van der Waals surface area contributed by atoms with Crippen molar-refractivity contribution in [1.29, 1.82) is 0 Å². The van der Waals surface area contributed by atoms with Crippen molar-refractivity contribution < 1.29 is 22.7 Å². The summed E-state index contributed by atoms with van der Waals surface area (Å²) in [5, 5.41) is 2.94. The van der Waals surface area contributed by atoms with Crippen LogP contribution < -0.4 is 14.4 Å². The molecule has 8 nitrogen and oxygen atoms in total. The number of nitrogens with one attached hydrogen (secondary N) is 1. The summed E-state index contributed by atoms with van der Waals surface area (Å²) >= 11 is 3.34. The number of benzene rings is 3.